The molecule has 3 N–H and O–H groups in total. The number of alkyl carbamates (subject to hydrolysis) is 1. The Bertz CT molecular complexity index is 362. The second-order valence-electron chi connectivity index (χ2n) is 6.11. The summed E-state index contributed by atoms with van der Waals surface area (Å²) >= 11 is 0. The van der Waals surface area contributed by atoms with Gasteiger partial charge >= 0.3 is 6.09 Å². The summed E-state index contributed by atoms with van der Waals surface area (Å²) < 4.78 is 5.25. The fraction of sp³-hybridized carbons (Fsp3) is 0.750. The fourth-order valence-electron chi connectivity index (χ4n) is 1.75. The predicted octanol–water partition coefficient (Wildman–Crippen LogP) is 2.42. The average molecular weight is 312 g/mol. The fourth-order valence-corrected chi connectivity index (χ4v) is 1.75. The van der Waals surface area contributed by atoms with E-state index in [9.17, 15) is 4.79 Å². The number of hydrogen-bond donors (Lipinski definition) is 3. The molecule has 128 valence electrons. The van der Waals surface area contributed by atoms with Crippen LogP contribution in [0.15, 0.2) is 17.6 Å². The number of carbonyl (C=O) groups is 1. The molecule has 0 aromatic heterocycles. The number of hydrogen-bond acceptors (Lipinski definition) is 3. The van der Waals surface area contributed by atoms with E-state index >= 15 is 0 Å². The SMILES string of the molecule is C=CCNC(=NC)NC(CCCC)CNC(=O)OC(C)(C)C. The Kier molecular flexibility index (Phi) is 10.1. The van der Waals surface area contributed by atoms with Gasteiger partial charge in [-0.25, -0.2) is 4.79 Å². The first-order valence-corrected chi connectivity index (χ1v) is 7.87. The van der Waals surface area contributed by atoms with Gasteiger partial charge in [0.05, 0.1) is 0 Å². The van der Waals surface area contributed by atoms with Crippen LogP contribution in [-0.2, 0) is 4.74 Å². The van der Waals surface area contributed by atoms with Crippen LogP contribution < -0.4 is 16.0 Å². The molecule has 0 aromatic rings. The Morgan fingerprint density at radius 3 is 2.55 bits per heavy atom. The van der Waals surface area contributed by atoms with E-state index in [1.165, 1.54) is 0 Å². The Hall–Kier alpha value is -1.72. The summed E-state index contributed by atoms with van der Waals surface area (Å²) in [4.78, 5) is 15.9. The largest absolute Gasteiger partial charge is 0.444 e. The van der Waals surface area contributed by atoms with Gasteiger partial charge in [0, 0.05) is 26.2 Å². The van der Waals surface area contributed by atoms with Gasteiger partial charge in [0.2, 0.25) is 0 Å². The smallest absolute Gasteiger partial charge is 0.407 e. The number of rotatable bonds is 8. The Balaban J connectivity index is 4.44. The summed E-state index contributed by atoms with van der Waals surface area (Å²) in [7, 11) is 1.72. The molecule has 0 aliphatic heterocycles. The second kappa shape index (κ2) is 10.9. The third-order valence-electron chi connectivity index (χ3n) is 2.78. The number of nitrogens with one attached hydrogen (secondary N) is 3. The van der Waals surface area contributed by atoms with Crippen LogP contribution in [-0.4, -0.2) is 43.8 Å². The molecule has 0 fully saturated rings. The summed E-state index contributed by atoms with van der Waals surface area (Å²) in [5.74, 6) is 0.701. The molecule has 1 atom stereocenters. The number of guanidine groups is 1. The summed E-state index contributed by atoms with van der Waals surface area (Å²) in [5.41, 5.74) is -0.488. The standard InChI is InChI=1S/C16H32N4O2/c1-7-9-10-13(20-14(17-6)18-11-8-2)12-19-15(21)22-16(3,4)5/h8,13H,2,7,9-12H2,1,3-6H3,(H,19,21)(H2,17,18,20). The summed E-state index contributed by atoms with van der Waals surface area (Å²) in [6.45, 7) is 12.5. The molecule has 0 heterocycles. The zero-order chi connectivity index (χ0) is 17.0. The number of amides is 1. The summed E-state index contributed by atoms with van der Waals surface area (Å²) in [5, 5.41) is 9.25. The maximum atomic E-state index is 11.7. The van der Waals surface area contributed by atoms with Gasteiger partial charge in [-0.2, -0.15) is 0 Å². The first-order valence-electron chi connectivity index (χ1n) is 7.87. The van der Waals surface area contributed by atoms with E-state index in [1.54, 1.807) is 13.1 Å². The zero-order valence-corrected chi connectivity index (χ0v) is 14.7. The number of unbranched alkanes of at least 4 members (excludes halogenated alkanes) is 1. The van der Waals surface area contributed by atoms with Crippen LogP contribution in [0.5, 0.6) is 0 Å². The van der Waals surface area contributed by atoms with E-state index in [1.807, 2.05) is 20.8 Å². The normalized spacial score (nSPS) is 13.2. The highest BCUT2D eigenvalue weighted by Crippen LogP contribution is 2.06. The van der Waals surface area contributed by atoms with Gasteiger partial charge in [0.15, 0.2) is 5.96 Å². The minimum absolute atomic E-state index is 0.100. The van der Waals surface area contributed by atoms with Crippen molar-refractivity contribution < 1.29 is 9.53 Å². The Morgan fingerprint density at radius 2 is 2.05 bits per heavy atom. The van der Waals surface area contributed by atoms with E-state index in [-0.39, 0.29) is 6.04 Å². The van der Waals surface area contributed by atoms with Crippen LogP contribution in [0.3, 0.4) is 0 Å². The molecule has 1 amide bonds. The van der Waals surface area contributed by atoms with Gasteiger partial charge < -0.3 is 20.7 Å². The van der Waals surface area contributed by atoms with Gasteiger partial charge in [-0.1, -0.05) is 25.8 Å². The molecular weight excluding hydrogens is 280 g/mol. The van der Waals surface area contributed by atoms with Crippen molar-refractivity contribution >= 4 is 12.1 Å². The van der Waals surface area contributed by atoms with Crippen molar-refractivity contribution in [3.05, 3.63) is 12.7 Å². The van der Waals surface area contributed by atoms with E-state index in [0.717, 1.165) is 19.3 Å². The average Bonchev–Trinajstić information content (AvgIpc) is 2.43. The van der Waals surface area contributed by atoms with Gasteiger partial charge in [-0.15, -0.1) is 6.58 Å². The van der Waals surface area contributed by atoms with Gasteiger partial charge in [0.1, 0.15) is 5.60 Å². The number of ether oxygens (including phenoxy) is 1. The Labute approximate surface area is 134 Å². The van der Waals surface area contributed by atoms with Crippen molar-refractivity contribution in [1.82, 2.24) is 16.0 Å². The van der Waals surface area contributed by atoms with E-state index in [2.05, 4.69) is 34.4 Å². The summed E-state index contributed by atoms with van der Waals surface area (Å²) in [6.07, 6.45) is 4.49. The molecular formula is C16H32N4O2. The van der Waals surface area contributed by atoms with Crippen molar-refractivity contribution in [2.45, 2.75) is 58.6 Å². The highest BCUT2D eigenvalue weighted by Gasteiger charge is 2.17. The van der Waals surface area contributed by atoms with E-state index in [4.69, 9.17) is 4.74 Å². The third-order valence-corrected chi connectivity index (χ3v) is 2.78. The maximum Gasteiger partial charge on any atom is 0.407 e. The molecule has 0 saturated heterocycles. The van der Waals surface area contributed by atoms with Crippen molar-refractivity contribution in [1.29, 1.82) is 0 Å². The number of aliphatic imine (C=N–C) groups is 1. The molecule has 1 unspecified atom stereocenters. The van der Waals surface area contributed by atoms with E-state index in [0.29, 0.717) is 19.0 Å². The predicted molar refractivity (Wildman–Crippen MR) is 92.2 cm³/mol. The van der Waals surface area contributed by atoms with Crippen LogP contribution in [0.1, 0.15) is 47.0 Å². The zero-order valence-electron chi connectivity index (χ0n) is 14.7. The lowest BCUT2D eigenvalue weighted by Gasteiger charge is -2.24. The lowest BCUT2D eigenvalue weighted by molar-refractivity contribution is 0.0523. The molecule has 0 aliphatic rings. The first-order chi connectivity index (χ1) is 10.3. The van der Waals surface area contributed by atoms with Crippen molar-refractivity contribution in [3.63, 3.8) is 0 Å². The third kappa shape index (κ3) is 11.0. The highest BCUT2D eigenvalue weighted by atomic mass is 16.6. The van der Waals surface area contributed by atoms with Gasteiger partial charge in [-0.3, -0.25) is 4.99 Å². The van der Waals surface area contributed by atoms with Crippen LogP contribution in [0, 0.1) is 0 Å². The minimum Gasteiger partial charge on any atom is -0.444 e. The van der Waals surface area contributed by atoms with Crippen molar-refractivity contribution in [2.24, 2.45) is 4.99 Å². The lowest BCUT2D eigenvalue weighted by Crippen LogP contribution is -2.49. The van der Waals surface area contributed by atoms with E-state index < -0.39 is 11.7 Å². The van der Waals surface area contributed by atoms with Crippen LogP contribution >= 0.6 is 0 Å². The minimum atomic E-state index is -0.488. The molecule has 0 radical (unpaired) electrons. The van der Waals surface area contributed by atoms with Crippen molar-refractivity contribution in [2.75, 3.05) is 20.1 Å². The number of carbonyl (C=O) groups excluding carboxylic acids is 1. The van der Waals surface area contributed by atoms with Gasteiger partial charge in [-0.05, 0) is 27.2 Å². The first kappa shape index (κ1) is 20.3. The molecule has 0 aromatic carbocycles. The van der Waals surface area contributed by atoms with Crippen LogP contribution in [0.25, 0.3) is 0 Å². The topological polar surface area (TPSA) is 74.8 Å². The van der Waals surface area contributed by atoms with Gasteiger partial charge in [0.25, 0.3) is 0 Å². The summed E-state index contributed by atoms with van der Waals surface area (Å²) in [6, 6.07) is 0.100. The Morgan fingerprint density at radius 1 is 1.36 bits per heavy atom. The quantitative estimate of drug-likeness (QED) is 0.365. The molecule has 0 bridgehead atoms. The second-order valence-corrected chi connectivity index (χ2v) is 6.11. The molecule has 6 nitrogen and oxygen atoms in total. The molecule has 0 aliphatic carbocycles. The van der Waals surface area contributed by atoms with Crippen LogP contribution in [0.2, 0.25) is 0 Å². The molecule has 0 saturated carbocycles. The van der Waals surface area contributed by atoms with Crippen LogP contribution in [0.4, 0.5) is 4.79 Å². The molecule has 6 heteroatoms. The maximum absolute atomic E-state index is 11.7. The highest BCUT2D eigenvalue weighted by molar-refractivity contribution is 5.80. The van der Waals surface area contributed by atoms with Crippen molar-refractivity contribution in [3.8, 4) is 0 Å². The lowest BCUT2D eigenvalue weighted by atomic mass is 10.1. The molecule has 0 rings (SSSR count). The number of nitrogens with zero attached hydrogens (tertiary/aromatic N) is 1. The molecule has 0 spiro atoms. The molecule has 22 heavy (non-hydrogen) atoms. The monoisotopic (exact) mass is 312 g/mol.